The molecule has 0 saturated heterocycles. The molecule has 0 spiro atoms. The van der Waals surface area contributed by atoms with Crippen molar-refractivity contribution in [2.24, 2.45) is 0 Å². The molecule has 3 rings (SSSR count). The summed E-state index contributed by atoms with van der Waals surface area (Å²) in [4.78, 5) is 14.0. The van der Waals surface area contributed by atoms with E-state index in [-0.39, 0.29) is 5.91 Å². The van der Waals surface area contributed by atoms with E-state index in [9.17, 15) is 4.79 Å². The molecule has 0 radical (unpaired) electrons. The van der Waals surface area contributed by atoms with Gasteiger partial charge in [-0.15, -0.1) is 0 Å². The lowest BCUT2D eigenvalue weighted by atomic mass is 9.94. The molecule has 138 valence electrons. The van der Waals surface area contributed by atoms with Crippen molar-refractivity contribution in [3.8, 4) is 0 Å². The summed E-state index contributed by atoms with van der Waals surface area (Å²) in [6.45, 7) is 1.01. The molecule has 2 aromatic carbocycles. The molecule has 0 bridgehead atoms. The molecule has 1 aliphatic carbocycles. The SMILES string of the molecule is C[NH+](Cc1ccc(NC(=O)c2cc(Cl)ccc2Cl)cc1)C1CCCCC1. The van der Waals surface area contributed by atoms with E-state index in [0.29, 0.717) is 15.6 Å². The number of quaternary nitrogens is 1. The third-order valence-corrected chi connectivity index (χ3v) is 5.73. The molecule has 1 atom stereocenters. The fourth-order valence-electron chi connectivity index (χ4n) is 3.64. The van der Waals surface area contributed by atoms with Gasteiger partial charge in [-0.3, -0.25) is 4.79 Å². The maximum Gasteiger partial charge on any atom is 0.257 e. The molecule has 1 amide bonds. The quantitative estimate of drug-likeness (QED) is 0.767. The Morgan fingerprint density at radius 1 is 1.08 bits per heavy atom. The molecule has 2 N–H and O–H groups in total. The highest BCUT2D eigenvalue weighted by Crippen LogP contribution is 2.22. The Labute approximate surface area is 165 Å². The van der Waals surface area contributed by atoms with Gasteiger partial charge in [0.2, 0.25) is 0 Å². The van der Waals surface area contributed by atoms with Gasteiger partial charge in [-0.2, -0.15) is 0 Å². The fraction of sp³-hybridized carbons (Fsp3) is 0.381. The largest absolute Gasteiger partial charge is 0.331 e. The summed E-state index contributed by atoms with van der Waals surface area (Å²) in [5.41, 5.74) is 2.42. The first-order valence-corrected chi connectivity index (χ1v) is 9.96. The summed E-state index contributed by atoms with van der Waals surface area (Å²) in [5, 5.41) is 3.76. The van der Waals surface area contributed by atoms with Gasteiger partial charge in [0.05, 0.1) is 23.7 Å². The van der Waals surface area contributed by atoms with Gasteiger partial charge in [0.1, 0.15) is 6.54 Å². The van der Waals surface area contributed by atoms with Gasteiger partial charge in [0, 0.05) is 16.3 Å². The number of anilines is 1. The standard InChI is InChI=1S/C21H24Cl2N2O/c1-25(18-5-3-2-4-6-18)14-15-7-10-17(11-8-15)24-21(26)19-13-16(22)9-12-20(19)23/h7-13,18H,2-6,14H2,1H3,(H,24,26)/p+1. The Balaban J connectivity index is 1.60. The average molecular weight is 392 g/mol. The van der Waals surface area contributed by atoms with E-state index in [1.807, 2.05) is 12.1 Å². The summed E-state index contributed by atoms with van der Waals surface area (Å²) < 4.78 is 0. The second kappa shape index (κ2) is 8.90. The first-order chi connectivity index (χ1) is 12.5. The van der Waals surface area contributed by atoms with E-state index in [2.05, 4.69) is 24.5 Å². The predicted molar refractivity (Wildman–Crippen MR) is 108 cm³/mol. The number of hydrogen-bond acceptors (Lipinski definition) is 1. The molecule has 0 aromatic heterocycles. The van der Waals surface area contributed by atoms with Crippen LogP contribution in [0, 0.1) is 0 Å². The van der Waals surface area contributed by atoms with Crippen molar-refractivity contribution in [2.75, 3.05) is 12.4 Å². The van der Waals surface area contributed by atoms with Crippen molar-refractivity contribution in [1.82, 2.24) is 0 Å². The van der Waals surface area contributed by atoms with E-state index < -0.39 is 0 Å². The average Bonchev–Trinajstić information content (AvgIpc) is 2.66. The van der Waals surface area contributed by atoms with E-state index in [1.165, 1.54) is 37.7 Å². The summed E-state index contributed by atoms with van der Waals surface area (Å²) in [6, 6.07) is 13.7. The molecule has 1 unspecified atom stereocenters. The third kappa shape index (κ3) is 5.00. The van der Waals surface area contributed by atoms with Crippen LogP contribution in [0.15, 0.2) is 42.5 Å². The number of benzene rings is 2. The van der Waals surface area contributed by atoms with E-state index in [4.69, 9.17) is 23.2 Å². The molecule has 3 nitrogen and oxygen atoms in total. The molecule has 2 aromatic rings. The lowest BCUT2D eigenvalue weighted by Crippen LogP contribution is -3.11. The summed E-state index contributed by atoms with van der Waals surface area (Å²) in [6.07, 6.45) is 6.77. The van der Waals surface area contributed by atoms with Crippen LogP contribution < -0.4 is 10.2 Å². The second-order valence-electron chi connectivity index (χ2n) is 7.13. The number of hydrogen-bond donors (Lipinski definition) is 2. The molecule has 1 fully saturated rings. The van der Waals surface area contributed by atoms with Gasteiger partial charge in [-0.25, -0.2) is 0 Å². The van der Waals surface area contributed by atoms with Crippen molar-refractivity contribution in [3.63, 3.8) is 0 Å². The zero-order chi connectivity index (χ0) is 18.5. The zero-order valence-electron chi connectivity index (χ0n) is 15.0. The van der Waals surface area contributed by atoms with E-state index in [0.717, 1.165) is 18.3 Å². The van der Waals surface area contributed by atoms with Gasteiger partial charge in [-0.05, 0) is 56.0 Å². The Bertz CT molecular complexity index is 755. The van der Waals surface area contributed by atoms with Crippen LogP contribution in [0.1, 0.15) is 48.0 Å². The van der Waals surface area contributed by atoms with Crippen molar-refractivity contribution in [1.29, 1.82) is 0 Å². The van der Waals surface area contributed by atoms with E-state index >= 15 is 0 Å². The number of halogens is 2. The van der Waals surface area contributed by atoms with Crippen LogP contribution in [-0.2, 0) is 6.54 Å². The highest BCUT2D eigenvalue weighted by molar-refractivity contribution is 6.36. The Morgan fingerprint density at radius 3 is 2.46 bits per heavy atom. The fourth-order valence-corrected chi connectivity index (χ4v) is 4.01. The van der Waals surface area contributed by atoms with Crippen LogP contribution in [-0.4, -0.2) is 19.0 Å². The Kier molecular flexibility index (Phi) is 6.58. The smallest absolute Gasteiger partial charge is 0.257 e. The van der Waals surface area contributed by atoms with E-state index in [1.54, 1.807) is 23.1 Å². The molecule has 1 aliphatic rings. The summed E-state index contributed by atoms with van der Waals surface area (Å²) in [5.74, 6) is -0.254. The minimum Gasteiger partial charge on any atom is -0.331 e. The first kappa shape index (κ1) is 19.2. The monoisotopic (exact) mass is 391 g/mol. The van der Waals surface area contributed by atoms with Gasteiger partial charge < -0.3 is 10.2 Å². The molecule has 1 saturated carbocycles. The molecule has 0 heterocycles. The number of carbonyl (C=O) groups excluding carboxylic acids is 1. The van der Waals surface area contributed by atoms with Crippen LogP contribution in [0.25, 0.3) is 0 Å². The van der Waals surface area contributed by atoms with Crippen LogP contribution in [0.2, 0.25) is 10.0 Å². The normalized spacial score (nSPS) is 16.3. The first-order valence-electron chi connectivity index (χ1n) is 9.20. The van der Waals surface area contributed by atoms with Crippen LogP contribution in [0.5, 0.6) is 0 Å². The lowest BCUT2D eigenvalue weighted by molar-refractivity contribution is -0.921. The number of rotatable bonds is 5. The highest BCUT2D eigenvalue weighted by Gasteiger charge is 2.21. The van der Waals surface area contributed by atoms with Crippen LogP contribution in [0.4, 0.5) is 5.69 Å². The van der Waals surface area contributed by atoms with Gasteiger partial charge in [-0.1, -0.05) is 41.8 Å². The molecule has 26 heavy (non-hydrogen) atoms. The second-order valence-corrected chi connectivity index (χ2v) is 7.98. The third-order valence-electron chi connectivity index (χ3n) is 5.17. The molecule has 0 aliphatic heterocycles. The van der Waals surface area contributed by atoms with Gasteiger partial charge in [0.25, 0.3) is 5.91 Å². The maximum absolute atomic E-state index is 12.4. The zero-order valence-corrected chi connectivity index (χ0v) is 16.5. The van der Waals surface area contributed by atoms with Crippen molar-refractivity contribution < 1.29 is 9.69 Å². The molecular weight excluding hydrogens is 367 g/mol. The maximum atomic E-state index is 12.4. The molecular formula is C21H25Cl2N2O+. The van der Waals surface area contributed by atoms with Crippen molar-refractivity contribution >= 4 is 34.8 Å². The minimum absolute atomic E-state index is 0.254. The van der Waals surface area contributed by atoms with Gasteiger partial charge in [0.15, 0.2) is 0 Å². The van der Waals surface area contributed by atoms with Crippen molar-refractivity contribution in [3.05, 3.63) is 63.6 Å². The Morgan fingerprint density at radius 2 is 1.77 bits per heavy atom. The molecule has 5 heteroatoms. The number of carbonyl (C=O) groups is 1. The van der Waals surface area contributed by atoms with Crippen LogP contribution in [0.3, 0.4) is 0 Å². The minimum atomic E-state index is -0.254. The summed E-state index contributed by atoms with van der Waals surface area (Å²) in [7, 11) is 2.28. The lowest BCUT2D eigenvalue weighted by Gasteiger charge is -2.28. The summed E-state index contributed by atoms with van der Waals surface area (Å²) >= 11 is 12.0. The highest BCUT2D eigenvalue weighted by atomic mass is 35.5. The topological polar surface area (TPSA) is 33.5 Å². The number of nitrogens with one attached hydrogen (secondary N) is 2. The number of amides is 1. The van der Waals surface area contributed by atoms with Crippen LogP contribution >= 0.6 is 23.2 Å². The Hall–Kier alpha value is -1.55. The van der Waals surface area contributed by atoms with Gasteiger partial charge >= 0.3 is 0 Å². The van der Waals surface area contributed by atoms with Crippen molar-refractivity contribution in [2.45, 2.75) is 44.7 Å². The predicted octanol–water partition coefficient (Wildman–Crippen LogP) is 4.59.